The van der Waals surface area contributed by atoms with Gasteiger partial charge in [0.05, 0.1) is 0 Å². The molecule has 2 nitrogen and oxygen atoms in total. The third kappa shape index (κ3) is 4.07. The van der Waals surface area contributed by atoms with Crippen molar-refractivity contribution in [3.63, 3.8) is 0 Å². The third-order valence-electron chi connectivity index (χ3n) is 10.1. The molecule has 0 N–H and O–H groups in total. The van der Waals surface area contributed by atoms with E-state index in [0.29, 0.717) is 22.5 Å². The van der Waals surface area contributed by atoms with Gasteiger partial charge in [0.1, 0.15) is 0 Å². The van der Waals surface area contributed by atoms with Crippen LogP contribution in [0.3, 0.4) is 0 Å². The summed E-state index contributed by atoms with van der Waals surface area (Å²) in [5.41, 5.74) is 2.31. The van der Waals surface area contributed by atoms with Gasteiger partial charge in [0.15, 0.2) is 14.8 Å². The van der Waals surface area contributed by atoms with Gasteiger partial charge in [0.25, 0.3) is 0 Å². The maximum absolute atomic E-state index is 12.1. The van der Waals surface area contributed by atoms with E-state index < -0.39 is 9.04 Å². The highest BCUT2D eigenvalue weighted by Gasteiger charge is 2.59. The van der Waals surface area contributed by atoms with Crippen molar-refractivity contribution in [3.05, 3.63) is 23.8 Å². The van der Waals surface area contributed by atoms with Gasteiger partial charge in [0.2, 0.25) is 0 Å². The molecule has 0 aliphatic heterocycles. The van der Waals surface area contributed by atoms with Crippen LogP contribution in [-0.4, -0.2) is 21.4 Å². The van der Waals surface area contributed by atoms with Gasteiger partial charge in [-0.3, -0.25) is 4.79 Å². The molecule has 0 radical (unpaired) electrons. The lowest BCUT2D eigenvalue weighted by atomic mass is 9.47. The summed E-state index contributed by atoms with van der Waals surface area (Å²) in [5, 5.41) is 0. The van der Waals surface area contributed by atoms with Gasteiger partial charge in [-0.25, -0.2) is 0 Å². The SMILES string of the molecule is C[SiH](C)OCC[C@@H]([C@H]1CC[C@H]2[C@@H]3C=CC4=CC(=O)CC[C@]4(C)[C@H]3CC[C@]12C)C(C)(C)C. The van der Waals surface area contributed by atoms with Crippen LogP contribution >= 0.6 is 0 Å². The van der Waals surface area contributed by atoms with Gasteiger partial charge in [-0.2, -0.15) is 0 Å². The number of allylic oxidation sites excluding steroid dienone is 4. The number of carbonyl (C=O) groups excluding carboxylic acids is 1. The largest absolute Gasteiger partial charge is 0.421 e. The molecule has 174 valence electrons. The molecule has 0 spiro atoms. The minimum absolute atomic E-state index is 0.214. The van der Waals surface area contributed by atoms with E-state index in [1.165, 1.54) is 37.7 Å². The van der Waals surface area contributed by atoms with Gasteiger partial charge in [-0.05, 0) is 109 Å². The van der Waals surface area contributed by atoms with E-state index >= 15 is 0 Å². The zero-order chi connectivity index (χ0) is 22.6. The molecule has 2 saturated carbocycles. The standard InChI is InChI=1S/C28H46O2Si/c1-26(2,3)24(14-17-30-31(6)7)25-11-10-22-21-9-8-19-18-20(29)12-15-27(19,4)23(21)13-16-28(22,25)5/h8-9,18,21-25,31H,10-17H2,1-7H3/t21-,22-,23-,24-,25+,27-,28-/m0/s1. The molecule has 4 aliphatic rings. The van der Waals surface area contributed by atoms with Crippen LogP contribution in [0.1, 0.15) is 79.6 Å². The highest BCUT2D eigenvalue weighted by Crippen LogP contribution is 2.67. The lowest BCUT2D eigenvalue weighted by Crippen LogP contribution is -2.50. The molecule has 0 heterocycles. The molecule has 31 heavy (non-hydrogen) atoms. The summed E-state index contributed by atoms with van der Waals surface area (Å²) in [4.78, 5) is 12.1. The normalized spacial score (nSPS) is 40.9. The molecule has 0 unspecified atom stereocenters. The third-order valence-corrected chi connectivity index (χ3v) is 11.0. The Morgan fingerprint density at radius 2 is 1.87 bits per heavy atom. The number of rotatable bonds is 5. The van der Waals surface area contributed by atoms with E-state index in [1.54, 1.807) is 0 Å². The zero-order valence-electron chi connectivity index (χ0n) is 21.2. The van der Waals surface area contributed by atoms with Crippen molar-refractivity contribution in [1.29, 1.82) is 0 Å². The van der Waals surface area contributed by atoms with Gasteiger partial charge < -0.3 is 4.43 Å². The summed E-state index contributed by atoms with van der Waals surface area (Å²) in [6.45, 7) is 18.0. The van der Waals surface area contributed by atoms with Crippen molar-refractivity contribution < 1.29 is 9.22 Å². The quantitative estimate of drug-likeness (QED) is 0.430. The first kappa shape index (κ1) is 23.5. The minimum atomic E-state index is -0.951. The van der Waals surface area contributed by atoms with Crippen molar-refractivity contribution in [1.82, 2.24) is 0 Å². The van der Waals surface area contributed by atoms with Gasteiger partial charge >= 0.3 is 0 Å². The molecule has 0 aromatic rings. The number of hydrogen-bond acceptors (Lipinski definition) is 2. The fourth-order valence-electron chi connectivity index (χ4n) is 8.37. The monoisotopic (exact) mass is 442 g/mol. The lowest BCUT2D eigenvalue weighted by Gasteiger charge is -2.57. The summed E-state index contributed by atoms with van der Waals surface area (Å²) >= 11 is 0. The average Bonchev–Trinajstić information content (AvgIpc) is 3.01. The Balaban J connectivity index is 1.59. The molecule has 0 saturated heterocycles. The van der Waals surface area contributed by atoms with Crippen LogP contribution in [0.15, 0.2) is 23.8 Å². The van der Waals surface area contributed by atoms with Gasteiger partial charge in [0, 0.05) is 13.0 Å². The van der Waals surface area contributed by atoms with Crippen LogP contribution in [0.25, 0.3) is 0 Å². The Labute approximate surface area is 193 Å². The Hall–Kier alpha value is -0.673. The average molecular weight is 443 g/mol. The van der Waals surface area contributed by atoms with Crippen LogP contribution in [-0.2, 0) is 9.22 Å². The molecule has 0 bridgehead atoms. The van der Waals surface area contributed by atoms with Crippen LogP contribution in [0.5, 0.6) is 0 Å². The van der Waals surface area contributed by atoms with E-state index in [2.05, 4.69) is 59.9 Å². The molecular formula is C28H46O2Si. The Kier molecular flexibility index (Phi) is 6.27. The number of hydrogen-bond donors (Lipinski definition) is 0. The molecule has 0 aromatic carbocycles. The van der Waals surface area contributed by atoms with E-state index in [4.69, 9.17) is 4.43 Å². The Bertz CT molecular complexity index is 759. The van der Waals surface area contributed by atoms with Crippen molar-refractivity contribution in [2.75, 3.05) is 6.61 Å². The predicted molar refractivity (Wildman–Crippen MR) is 132 cm³/mol. The number of ketones is 1. The summed E-state index contributed by atoms with van der Waals surface area (Å²) in [7, 11) is -0.951. The fourth-order valence-corrected chi connectivity index (χ4v) is 8.97. The van der Waals surface area contributed by atoms with E-state index in [-0.39, 0.29) is 5.41 Å². The number of carbonyl (C=O) groups is 1. The molecule has 0 aromatic heterocycles. The van der Waals surface area contributed by atoms with Crippen LogP contribution in [0.4, 0.5) is 0 Å². The molecule has 3 heteroatoms. The Morgan fingerprint density at radius 3 is 2.55 bits per heavy atom. The molecular weight excluding hydrogens is 396 g/mol. The molecule has 2 fully saturated rings. The van der Waals surface area contributed by atoms with Crippen molar-refractivity contribution >= 4 is 14.8 Å². The van der Waals surface area contributed by atoms with Crippen molar-refractivity contribution in [2.45, 2.75) is 92.7 Å². The smallest absolute Gasteiger partial charge is 0.170 e. The van der Waals surface area contributed by atoms with E-state index in [0.717, 1.165) is 43.1 Å². The molecule has 0 amide bonds. The molecule has 4 aliphatic carbocycles. The maximum Gasteiger partial charge on any atom is 0.170 e. The van der Waals surface area contributed by atoms with Crippen LogP contribution in [0, 0.1) is 45.8 Å². The fraction of sp³-hybridized carbons (Fsp3) is 0.821. The van der Waals surface area contributed by atoms with Crippen LogP contribution < -0.4 is 0 Å². The summed E-state index contributed by atoms with van der Waals surface area (Å²) in [6, 6.07) is 0. The van der Waals surface area contributed by atoms with Crippen molar-refractivity contribution in [3.8, 4) is 0 Å². The summed E-state index contributed by atoms with van der Waals surface area (Å²) in [6.07, 6.45) is 15.3. The van der Waals surface area contributed by atoms with Crippen molar-refractivity contribution in [2.24, 2.45) is 45.8 Å². The predicted octanol–water partition coefficient (Wildman–Crippen LogP) is 6.96. The number of fused-ring (bicyclic) bond motifs is 5. The van der Waals surface area contributed by atoms with Gasteiger partial charge in [-0.1, -0.05) is 46.8 Å². The second kappa shape index (κ2) is 8.28. The van der Waals surface area contributed by atoms with Crippen LogP contribution in [0.2, 0.25) is 13.1 Å². The minimum Gasteiger partial charge on any atom is -0.421 e. The first-order valence-corrected chi connectivity index (χ1v) is 15.8. The van der Waals surface area contributed by atoms with E-state index in [1.807, 2.05) is 6.08 Å². The zero-order valence-corrected chi connectivity index (χ0v) is 22.3. The highest BCUT2D eigenvalue weighted by molar-refractivity contribution is 6.48. The Morgan fingerprint density at radius 1 is 1.13 bits per heavy atom. The molecule has 7 atom stereocenters. The second-order valence-corrected chi connectivity index (χ2v) is 15.5. The maximum atomic E-state index is 12.1. The first-order chi connectivity index (χ1) is 14.5. The summed E-state index contributed by atoms with van der Waals surface area (Å²) in [5.74, 6) is 4.08. The summed E-state index contributed by atoms with van der Waals surface area (Å²) < 4.78 is 6.16. The topological polar surface area (TPSA) is 26.3 Å². The molecule has 4 rings (SSSR count). The second-order valence-electron chi connectivity index (χ2n) is 13.0. The van der Waals surface area contributed by atoms with E-state index in [9.17, 15) is 4.79 Å². The van der Waals surface area contributed by atoms with Gasteiger partial charge in [-0.15, -0.1) is 0 Å². The highest BCUT2D eigenvalue weighted by atomic mass is 28.3. The lowest BCUT2D eigenvalue weighted by molar-refractivity contribution is -0.116. The first-order valence-electron chi connectivity index (χ1n) is 13.0.